The number of aryl methyl sites for hydroxylation is 2. The SMILES string of the molecule is CC(=Cc1sc2c(C)csc2[n+]1CCCCS(=O)(=O)[O-])C=C1Sc2ccc(Cl)cc2[N+]12CC2C(=O)O. The van der Waals surface area contributed by atoms with Crippen LogP contribution in [0, 0.1) is 6.92 Å². The van der Waals surface area contributed by atoms with E-state index in [4.69, 9.17) is 11.6 Å². The third kappa shape index (κ3) is 4.78. The lowest BCUT2D eigenvalue weighted by Gasteiger charge is -2.13. The monoisotopic (exact) mass is 583 g/mol. The average molecular weight is 584 g/mol. The van der Waals surface area contributed by atoms with Crippen LogP contribution in [0.4, 0.5) is 5.69 Å². The second-order valence-corrected chi connectivity index (χ2v) is 14.0. The summed E-state index contributed by atoms with van der Waals surface area (Å²) in [5.74, 6) is -1.17. The quantitative estimate of drug-likeness (QED) is 0.126. The number of benzene rings is 1. The Bertz CT molecular complexity index is 1560. The number of thiophene rings is 1. The van der Waals surface area contributed by atoms with E-state index in [1.54, 1.807) is 34.4 Å². The van der Waals surface area contributed by atoms with Crippen LogP contribution in [0.15, 0.2) is 45.2 Å². The van der Waals surface area contributed by atoms with Crippen LogP contribution in [-0.2, 0) is 21.5 Å². The number of carbonyl (C=O) groups is 1. The third-order valence-corrected chi connectivity index (χ3v) is 11.2. The van der Waals surface area contributed by atoms with Gasteiger partial charge in [-0.05, 0) is 55.3 Å². The third-order valence-electron chi connectivity index (χ3n) is 6.45. The standard InChI is InChI=1S/C24H23ClN2O5S4/c1-14(10-21-27(12-18(27)24(28)29)17-11-16(25)5-6-19(17)34-21)9-20-26(7-3-4-8-36(30,31)32)23-22(35-20)15(2)13-33-23/h5-6,9-11,13,18H,3-4,7-8,12H2,1-2H3/p+1. The van der Waals surface area contributed by atoms with Crippen molar-refractivity contribution in [1.29, 1.82) is 0 Å². The Morgan fingerprint density at radius 3 is 2.83 bits per heavy atom. The second kappa shape index (κ2) is 9.54. The first-order chi connectivity index (χ1) is 17.0. The molecule has 0 bridgehead atoms. The molecule has 0 saturated carbocycles. The van der Waals surface area contributed by atoms with Crippen LogP contribution in [0.1, 0.15) is 30.3 Å². The molecule has 0 amide bonds. The molecule has 0 aliphatic carbocycles. The van der Waals surface area contributed by atoms with Crippen molar-refractivity contribution < 1.29 is 27.4 Å². The Balaban J connectivity index is 1.47. The number of halogens is 1. The summed E-state index contributed by atoms with van der Waals surface area (Å²) in [5, 5.41) is 14.5. The van der Waals surface area contributed by atoms with Crippen LogP contribution in [-0.4, -0.2) is 42.4 Å². The first kappa shape index (κ1) is 25.9. The van der Waals surface area contributed by atoms with Crippen LogP contribution < -0.4 is 9.05 Å². The molecule has 2 unspecified atom stereocenters. The first-order valence-electron chi connectivity index (χ1n) is 11.3. The minimum atomic E-state index is -4.22. The van der Waals surface area contributed by atoms with Crippen LogP contribution in [0.2, 0.25) is 5.02 Å². The number of quaternary nitrogens is 1. The summed E-state index contributed by atoms with van der Waals surface area (Å²) in [6.45, 7) is 5.20. The Morgan fingerprint density at radius 1 is 1.36 bits per heavy atom. The summed E-state index contributed by atoms with van der Waals surface area (Å²) >= 11 is 11.2. The predicted octanol–water partition coefficient (Wildman–Crippen LogP) is 5.36. The van der Waals surface area contributed by atoms with Gasteiger partial charge in [0.2, 0.25) is 6.04 Å². The Hall–Kier alpha value is -1.73. The second-order valence-electron chi connectivity index (χ2n) is 9.10. The van der Waals surface area contributed by atoms with Gasteiger partial charge in [0.1, 0.15) is 4.70 Å². The topological polar surface area (TPSA) is 98.4 Å². The molecule has 12 heteroatoms. The van der Waals surface area contributed by atoms with Crippen molar-refractivity contribution in [3.8, 4) is 0 Å². The van der Waals surface area contributed by atoms with Gasteiger partial charge in [-0.3, -0.25) is 0 Å². The minimum absolute atomic E-state index is 0.295. The zero-order valence-corrected chi connectivity index (χ0v) is 23.6. The molecule has 36 heavy (non-hydrogen) atoms. The smallest absolute Gasteiger partial charge is 0.369 e. The molecule has 3 aromatic rings. The lowest BCUT2D eigenvalue weighted by molar-refractivity contribution is -0.667. The van der Waals surface area contributed by atoms with E-state index in [1.165, 1.54) is 10.3 Å². The molecule has 1 fully saturated rings. The summed E-state index contributed by atoms with van der Waals surface area (Å²) < 4.78 is 36.6. The van der Waals surface area contributed by atoms with Crippen molar-refractivity contribution in [2.45, 2.75) is 44.2 Å². The average Bonchev–Trinajstić information content (AvgIpc) is 3.20. The zero-order chi connectivity index (χ0) is 25.8. The highest BCUT2D eigenvalue weighted by Gasteiger charge is 2.68. The molecule has 5 rings (SSSR count). The fourth-order valence-corrected chi connectivity index (χ4v) is 9.31. The predicted molar refractivity (Wildman–Crippen MR) is 146 cm³/mol. The number of allylic oxidation sites excluding steroid dienone is 2. The molecule has 4 heterocycles. The van der Waals surface area contributed by atoms with Crippen LogP contribution in [0.25, 0.3) is 15.6 Å². The summed E-state index contributed by atoms with van der Waals surface area (Å²) in [7, 11) is -4.22. The number of unbranched alkanes of at least 4 members (excludes halogenated alkanes) is 1. The number of fused-ring (bicyclic) bond motifs is 3. The fourth-order valence-electron chi connectivity index (χ4n) is 4.64. The highest BCUT2D eigenvalue weighted by Crippen LogP contribution is 2.59. The van der Waals surface area contributed by atoms with Crippen LogP contribution in [0.5, 0.6) is 0 Å². The number of thiazole rings is 1. The number of hydrogen-bond acceptors (Lipinski definition) is 7. The maximum atomic E-state index is 11.9. The van der Waals surface area contributed by atoms with Crippen molar-refractivity contribution in [3.63, 3.8) is 0 Å². The zero-order valence-electron chi connectivity index (χ0n) is 19.6. The van der Waals surface area contributed by atoms with Gasteiger partial charge in [0, 0.05) is 40.8 Å². The fraction of sp³-hybridized carbons (Fsp3) is 0.333. The number of thioether (sulfide) groups is 1. The summed E-state index contributed by atoms with van der Waals surface area (Å²) in [5.41, 5.74) is 3.13. The van der Waals surface area contributed by atoms with E-state index >= 15 is 0 Å². The number of carboxylic acid groups (broad SMARTS) is 1. The molecule has 0 radical (unpaired) electrons. The maximum absolute atomic E-state index is 11.9. The highest BCUT2D eigenvalue weighted by molar-refractivity contribution is 8.03. The largest absolute Gasteiger partial charge is 0.748 e. The molecule has 1 N–H and O–H groups in total. The van der Waals surface area contributed by atoms with Crippen molar-refractivity contribution >= 4 is 83.4 Å². The molecule has 7 nitrogen and oxygen atoms in total. The minimum Gasteiger partial charge on any atom is -0.748 e. The lowest BCUT2D eigenvalue weighted by atomic mass is 10.2. The van der Waals surface area contributed by atoms with Gasteiger partial charge < -0.3 is 9.66 Å². The number of hydrogen-bond donors (Lipinski definition) is 1. The molecule has 1 saturated heterocycles. The summed E-state index contributed by atoms with van der Waals surface area (Å²) in [6, 6.07) is 5.13. The van der Waals surface area contributed by atoms with Crippen molar-refractivity contribution in [2.24, 2.45) is 0 Å². The van der Waals surface area contributed by atoms with Gasteiger partial charge in [-0.15, -0.1) is 0 Å². The Labute approximate surface area is 226 Å². The Kier molecular flexibility index (Phi) is 6.86. The van der Waals surface area contributed by atoms with Gasteiger partial charge in [-0.2, -0.15) is 4.57 Å². The van der Waals surface area contributed by atoms with Crippen LogP contribution in [0.3, 0.4) is 0 Å². The van der Waals surface area contributed by atoms with E-state index in [0.717, 1.165) is 31.0 Å². The van der Waals surface area contributed by atoms with E-state index in [-0.39, 0.29) is 5.75 Å². The van der Waals surface area contributed by atoms with E-state index in [0.29, 0.717) is 35.4 Å². The van der Waals surface area contributed by atoms with E-state index in [2.05, 4.69) is 29.0 Å². The normalized spacial score (nSPS) is 22.6. The molecular weight excluding hydrogens is 560 g/mol. The molecule has 2 aliphatic rings. The molecule has 2 aliphatic heterocycles. The van der Waals surface area contributed by atoms with Crippen LogP contribution >= 0.6 is 46.0 Å². The molecule has 2 aromatic heterocycles. The number of carboxylic acids is 1. The van der Waals surface area contributed by atoms with Crippen molar-refractivity contribution in [1.82, 2.24) is 4.48 Å². The van der Waals surface area contributed by atoms with Gasteiger partial charge in [-0.1, -0.05) is 34.3 Å². The van der Waals surface area contributed by atoms with E-state index in [1.807, 2.05) is 25.1 Å². The number of aromatic nitrogens is 1. The molecule has 1 aromatic carbocycles. The molecule has 190 valence electrons. The van der Waals surface area contributed by atoms with Crippen molar-refractivity contribution in [3.05, 3.63) is 55.9 Å². The highest BCUT2D eigenvalue weighted by atomic mass is 35.5. The van der Waals surface area contributed by atoms with Gasteiger partial charge in [0.05, 0.1) is 15.0 Å². The van der Waals surface area contributed by atoms with Gasteiger partial charge in [-0.25, -0.2) is 17.7 Å². The molecule has 2 atom stereocenters. The number of rotatable bonds is 8. The van der Waals surface area contributed by atoms with Gasteiger partial charge in [0.25, 0.3) is 9.84 Å². The van der Waals surface area contributed by atoms with E-state index < -0.39 is 22.1 Å². The van der Waals surface area contributed by atoms with Gasteiger partial charge >= 0.3 is 5.97 Å². The van der Waals surface area contributed by atoms with E-state index in [9.17, 15) is 22.9 Å². The number of aliphatic carboxylic acids is 1. The first-order valence-corrected chi connectivity index (χ1v) is 15.8. The van der Waals surface area contributed by atoms with Gasteiger partial charge in [0.15, 0.2) is 23.8 Å². The lowest BCUT2D eigenvalue weighted by Crippen LogP contribution is -2.34. The summed E-state index contributed by atoms with van der Waals surface area (Å²) in [6.07, 6.45) is 5.07. The Morgan fingerprint density at radius 2 is 2.14 bits per heavy atom. The summed E-state index contributed by atoms with van der Waals surface area (Å²) in [4.78, 5) is 14.1. The molecule has 1 spiro atoms. The maximum Gasteiger partial charge on any atom is 0.369 e. The molecular formula is C24H24ClN2O5S4+. The number of nitrogens with zero attached hydrogens (tertiary/aromatic N) is 2. The van der Waals surface area contributed by atoms with Crippen molar-refractivity contribution in [2.75, 3.05) is 12.3 Å².